The smallest absolute Gasteiger partial charge is 0.336 e. The average molecular weight is 410 g/mol. The highest BCUT2D eigenvalue weighted by atomic mass is 16.5. The topological polar surface area (TPSA) is 94.7 Å². The van der Waals surface area contributed by atoms with Crippen LogP contribution < -0.4 is 4.74 Å². The van der Waals surface area contributed by atoms with Crippen LogP contribution in [0, 0.1) is 6.92 Å². The van der Waals surface area contributed by atoms with Crippen LogP contribution in [0.1, 0.15) is 37.3 Å². The minimum atomic E-state index is -1.21. The molecule has 0 fully saturated rings. The molecule has 0 radical (unpaired) electrons. The second-order valence-electron chi connectivity index (χ2n) is 6.95. The number of carboxylic acid groups (broad SMARTS) is 1. The van der Waals surface area contributed by atoms with Crippen molar-refractivity contribution in [3.8, 4) is 17.2 Å². The van der Waals surface area contributed by atoms with Crippen molar-refractivity contribution in [1.82, 2.24) is 9.97 Å². The molecule has 3 rings (SSSR count). The number of nitrogens with zero attached hydrogens (tertiary/aromatic N) is 2. The fourth-order valence-corrected chi connectivity index (χ4v) is 3.21. The van der Waals surface area contributed by atoms with Crippen LogP contribution in [0.5, 0.6) is 5.75 Å². The van der Waals surface area contributed by atoms with E-state index in [1.54, 1.807) is 19.3 Å². The molecule has 3 aromatic rings. The fraction of sp³-hybridized carbons (Fsp3) is 0.348. The van der Waals surface area contributed by atoms with Gasteiger partial charge in [0, 0.05) is 31.0 Å². The highest BCUT2D eigenvalue weighted by molar-refractivity contribution is 5.78. The summed E-state index contributed by atoms with van der Waals surface area (Å²) in [6, 6.07) is 11.0. The molecule has 0 bridgehead atoms. The van der Waals surface area contributed by atoms with Crippen LogP contribution in [-0.4, -0.2) is 33.3 Å². The number of ether oxygens (including phenoxy) is 2. The Kier molecular flexibility index (Phi) is 6.84. The van der Waals surface area contributed by atoms with Crippen molar-refractivity contribution in [1.29, 1.82) is 0 Å². The summed E-state index contributed by atoms with van der Waals surface area (Å²) in [4.78, 5) is 20.2. The molecular formula is C23H26N2O5. The van der Waals surface area contributed by atoms with Gasteiger partial charge in [0.05, 0.1) is 0 Å². The number of hydrogen-bond donors (Lipinski definition) is 1. The molecule has 1 atom stereocenters. The second kappa shape index (κ2) is 9.54. The molecule has 158 valence electrons. The lowest BCUT2D eigenvalue weighted by Crippen LogP contribution is -2.43. The molecule has 0 amide bonds. The predicted octanol–water partition coefficient (Wildman–Crippen LogP) is 4.44. The maximum atomic E-state index is 11.7. The Morgan fingerprint density at radius 3 is 2.43 bits per heavy atom. The highest BCUT2D eigenvalue weighted by Gasteiger charge is 2.37. The van der Waals surface area contributed by atoms with Crippen molar-refractivity contribution in [3.63, 3.8) is 0 Å². The SMILES string of the molecule is CCO[C@@](CC)(Cc1ccc(OCc2nc(-c3ccncc3)oc2C)cc1)C(=O)O. The zero-order chi connectivity index (χ0) is 21.6. The summed E-state index contributed by atoms with van der Waals surface area (Å²) in [5, 5.41) is 9.62. The normalized spacial score (nSPS) is 13.0. The van der Waals surface area contributed by atoms with E-state index in [9.17, 15) is 9.90 Å². The molecule has 30 heavy (non-hydrogen) atoms. The van der Waals surface area contributed by atoms with Gasteiger partial charge in [-0.05, 0) is 50.1 Å². The van der Waals surface area contributed by atoms with Crippen molar-refractivity contribution in [2.24, 2.45) is 0 Å². The lowest BCUT2D eigenvalue weighted by Gasteiger charge is -2.28. The summed E-state index contributed by atoms with van der Waals surface area (Å²) in [5.41, 5.74) is 1.24. The summed E-state index contributed by atoms with van der Waals surface area (Å²) < 4.78 is 17.2. The van der Waals surface area contributed by atoms with Gasteiger partial charge >= 0.3 is 5.97 Å². The summed E-state index contributed by atoms with van der Waals surface area (Å²) in [6.07, 6.45) is 4.07. The number of aliphatic carboxylic acids is 1. The van der Waals surface area contributed by atoms with Crippen LogP contribution in [-0.2, 0) is 22.6 Å². The van der Waals surface area contributed by atoms with E-state index >= 15 is 0 Å². The molecule has 2 heterocycles. The summed E-state index contributed by atoms with van der Waals surface area (Å²) in [5.74, 6) is 0.952. The van der Waals surface area contributed by atoms with Crippen molar-refractivity contribution < 1.29 is 23.8 Å². The highest BCUT2D eigenvalue weighted by Crippen LogP contribution is 2.25. The molecule has 0 aliphatic heterocycles. The molecule has 0 aliphatic rings. The van der Waals surface area contributed by atoms with Gasteiger partial charge < -0.3 is 19.0 Å². The van der Waals surface area contributed by atoms with Gasteiger partial charge in [-0.25, -0.2) is 9.78 Å². The van der Waals surface area contributed by atoms with E-state index in [2.05, 4.69) is 9.97 Å². The van der Waals surface area contributed by atoms with E-state index in [4.69, 9.17) is 13.9 Å². The molecule has 0 spiro atoms. The van der Waals surface area contributed by atoms with Gasteiger partial charge in [0.25, 0.3) is 0 Å². The second-order valence-corrected chi connectivity index (χ2v) is 6.95. The Balaban J connectivity index is 1.65. The summed E-state index contributed by atoms with van der Waals surface area (Å²) in [6.45, 7) is 6.09. The van der Waals surface area contributed by atoms with Crippen LogP contribution in [0.2, 0.25) is 0 Å². The number of oxazole rings is 1. The molecule has 2 aromatic heterocycles. The van der Waals surface area contributed by atoms with E-state index in [1.807, 2.05) is 50.2 Å². The third-order valence-electron chi connectivity index (χ3n) is 4.99. The number of benzene rings is 1. The van der Waals surface area contributed by atoms with Crippen molar-refractivity contribution in [2.75, 3.05) is 6.61 Å². The lowest BCUT2D eigenvalue weighted by molar-refractivity contribution is -0.166. The van der Waals surface area contributed by atoms with E-state index in [-0.39, 0.29) is 6.61 Å². The fourth-order valence-electron chi connectivity index (χ4n) is 3.21. The molecule has 0 saturated carbocycles. The monoisotopic (exact) mass is 410 g/mol. The number of carbonyl (C=O) groups is 1. The standard InChI is InChI=1S/C23H26N2O5/c1-4-23(22(26)27,29-5-2)14-17-6-8-19(9-7-17)28-15-20-16(3)30-21(25-20)18-10-12-24-13-11-18/h6-13H,4-5,14-15H2,1-3H3,(H,26,27)/t23-/m0/s1. The third kappa shape index (κ3) is 4.86. The molecule has 1 N–H and O–H groups in total. The number of aromatic nitrogens is 2. The van der Waals surface area contributed by atoms with Crippen LogP contribution in [0.3, 0.4) is 0 Å². The average Bonchev–Trinajstić information content (AvgIpc) is 3.14. The van der Waals surface area contributed by atoms with Gasteiger partial charge in [-0.2, -0.15) is 0 Å². The van der Waals surface area contributed by atoms with Crippen LogP contribution >= 0.6 is 0 Å². The molecule has 0 saturated heterocycles. The number of carboxylic acids is 1. The van der Waals surface area contributed by atoms with Gasteiger partial charge in [0.1, 0.15) is 23.8 Å². The van der Waals surface area contributed by atoms with Gasteiger partial charge in [0.15, 0.2) is 5.60 Å². The zero-order valence-electron chi connectivity index (χ0n) is 17.4. The molecule has 7 heteroatoms. The maximum Gasteiger partial charge on any atom is 0.336 e. The van der Waals surface area contributed by atoms with Gasteiger partial charge in [0.2, 0.25) is 5.89 Å². The van der Waals surface area contributed by atoms with Crippen LogP contribution in [0.4, 0.5) is 0 Å². The van der Waals surface area contributed by atoms with E-state index in [0.29, 0.717) is 36.8 Å². The third-order valence-corrected chi connectivity index (χ3v) is 4.99. The first-order valence-electron chi connectivity index (χ1n) is 9.93. The molecular weight excluding hydrogens is 384 g/mol. The Bertz CT molecular complexity index is 969. The maximum absolute atomic E-state index is 11.7. The van der Waals surface area contributed by atoms with Crippen LogP contribution in [0.25, 0.3) is 11.5 Å². The van der Waals surface area contributed by atoms with Crippen LogP contribution in [0.15, 0.2) is 53.2 Å². The van der Waals surface area contributed by atoms with Gasteiger partial charge in [-0.1, -0.05) is 19.1 Å². The first-order chi connectivity index (χ1) is 14.5. The predicted molar refractivity (Wildman–Crippen MR) is 111 cm³/mol. The van der Waals surface area contributed by atoms with Crippen molar-refractivity contribution in [3.05, 3.63) is 65.8 Å². The Morgan fingerprint density at radius 1 is 1.13 bits per heavy atom. The minimum absolute atomic E-state index is 0.271. The van der Waals surface area contributed by atoms with E-state index in [0.717, 1.165) is 16.8 Å². The van der Waals surface area contributed by atoms with Gasteiger partial charge in [-0.3, -0.25) is 4.98 Å². The van der Waals surface area contributed by atoms with E-state index < -0.39 is 11.6 Å². The molecule has 1 aromatic carbocycles. The molecule has 0 unspecified atom stereocenters. The number of hydrogen-bond acceptors (Lipinski definition) is 6. The minimum Gasteiger partial charge on any atom is -0.487 e. The first-order valence-corrected chi connectivity index (χ1v) is 9.93. The summed E-state index contributed by atoms with van der Waals surface area (Å²) in [7, 11) is 0. The lowest BCUT2D eigenvalue weighted by atomic mass is 9.91. The van der Waals surface area contributed by atoms with Gasteiger partial charge in [-0.15, -0.1) is 0 Å². The quantitative estimate of drug-likeness (QED) is 0.528. The van der Waals surface area contributed by atoms with E-state index in [1.165, 1.54) is 0 Å². The Hall–Kier alpha value is -3.19. The number of aryl methyl sites for hydroxylation is 1. The van der Waals surface area contributed by atoms with Crippen molar-refractivity contribution in [2.45, 2.75) is 45.8 Å². The Morgan fingerprint density at radius 2 is 1.83 bits per heavy atom. The first kappa shape index (κ1) is 21.5. The summed E-state index contributed by atoms with van der Waals surface area (Å²) >= 11 is 0. The molecule has 7 nitrogen and oxygen atoms in total. The molecule has 0 aliphatic carbocycles. The number of pyridine rings is 1. The largest absolute Gasteiger partial charge is 0.487 e. The number of rotatable bonds is 10. The zero-order valence-corrected chi connectivity index (χ0v) is 17.4. The van der Waals surface area contributed by atoms with Crippen molar-refractivity contribution >= 4 is 5.97 Å². The Labute approximate surface area is 175 Å².